The molecule has 17 heavy (non-hydrogen) atoms. The Morgan fingerprint density at radius 1 is 1.41 bits per heavy atom. The monoisotopic (exact) mass is 255 g/mol. The molecule has 1 saturated heterocycles. The Kier molecular flexibility index (Phi) is 3.51. The average Bonchev–Trinajstić information content (AvgIpc) is 2.59. The fourth-order valence-corrected chi connectivity index (χ4v) is 3.59. The molecule has 5 nitrogen and oxygen atoms in total. The molecule has 0 aromatic carbocycles. The molecule has 1 unspecified atom stereocenters. The van der Waals surface area contributed by atoms with Crippen molar-refractivity contribution in [3.63, 3.8) is 0 Å². The average molecular weight is 255 g/mol. The Hall–Kier alpha value is -1.30. The summed E-state index contributed by atoms with van der Waals surface area (Å²) in [6.45, 7) is 2.82. The van der Waals surface area contributed by atoms with Gasteiger partial charge < -0.3 is 10.6 Å². The van der Waals surface area contributed by atoms with Gasteiger partial charge in [0.25, 0.3) is 0 Å². The minimum absolute atomic E-state index is 0.00984. The van der Waals surface area contributed by atoms with Crippen molar-refractivity contribution >= 4 is 21.5 Å². The van der Waals surface area contributed by atoms with Crippen LogP contribution in [0.4, 0.5) is 11.6 Å². The van der Waals surface area contributed by atoms with Gasteiger partial charge in [-0.2, -0.15) is 0 Å². The van der Waals surface area contributed by atoms with E-state index in [1.54, 1.807) is 0 Å². The van der Waals surface area contributed by atoms with Gasteiger partial charge in [-0.15, -0.1) is 0 Å². The fourth-order valence-electron chi connectivity index (χ4n) is 1.91. The third kappa shape index (κ3) is 3.33. The van der Waals surface area contributed by atoms with Crippen molar-refractivity contribution in [2.75, 3.05) is 28.7 Å². The van der Waals surface area contributed by atoms with Crippen molar-refractivity contribution in [2.24, 2.45) is 0 Å². The summed E-state index contributed by atoms with van der Waals surface area (Å²) in [5.74, 6) is 2.02. The van der Waals surface area contributed by atoms with Crippen LogP contribution in [0.1, 0.15) is 13.3 Å². The molecular weight excluding hydrogens is 238 g/mol. The van der Waals surface area contributed by atoms with E-state index in [4.69, 9.17) is 0 Å². The highest BCUT2D eigenvalue weighted by Crippen LogP contribution is 2.17. The van der Waals surface area contributed by atoms with Gasteiger partial charge in [0.1, 0.15) is 11.6 Å². The van der Waals surface area contributed by atoms with E-state index in [0.29, 0.717) is 6.42 Å². The van der Waals surface area contributed by atoms with Crippen LogP contribution in [-0.4, -0.2) is 37.5 Å². The number of hydrogen-bond acceptors (Lipinski definition) is 5. The van der Waals surface area contributed by atoms with Gasteiger partial charge in [-0.05, 0) is 25.5 Å². The number of anilines is 2. The molecule has 1 aliphatic heterocycles. The Balaban J connectivity index is 2.01. The summed E-state index contributed by atoms with van der Waals surface area (Å²) < 4.78 is 22.7. The Bertz CT molecular complexity index is 487. The summed E-state index contributed by atoms with van der Waals surface area (Å²) in [7, 11) is -2.84. The summed E-state index contributed by atoms with van der Waals surface area (Å²) in [5.41, 5.74) is 0. The molecule has 0 bridgehead atoms. The Morgan fingerprint density at radius 3 is 2.82 bits per heavy atom. The standard InChI is InChI=1S/C11H17N3O2S/c1-2-12-10-4-3-5-11(14-10)13-9-6-7-17(15,16)8-9/h3-5,9H,2,6-8H2,1H3,(H2,12,13,14). The largest absolute Gasteiger partial charge is 0.370 e. The smallest absolute Gasteiger partial charge is 0.152 e. The van der Waals surface area contributed by atoms with Crippen LogP contribution in [0.5, 0.6) is 0 Å². The van der Waals surface area contributed by atoms with Crippen molar-refractivity contribution < 1.29 is 8.42 Å². The lowest BCUT2D eigenvalue weighted by Crippen LogP contribution is -2.21. The number of aromatic nitrogens is 1. The molecule has 1 aromatic heterocycles. The third-order valence-corrected chi connectivity index (χ3v) is 4.46. The summed E-state index contributed by atoms with van der Waals surface area (Å²) in [5, 5.41) is 6.28. The maximum atomic E-state index is 11.3. The van der Waals surface area contributed by atoms with E-state index in [9.17, 15) is 8.42 Å². The zero-order valence-corrected chi connectivity index (χ0v) is 10.6. The summed E-state index contributed by atoms with van der Waals surface area (Å²) in [6, 6.07) is 5.63. The molecule has 1 fully saturated rings. The molecule has 1 aromatic rings. The van der Waals surface area contributed by atoms with Gasteiger partial charge in [0.15, 0.2) is 9.84 Å². The lowest BCUT2D eigenvalue weighted by molar-refractivity contribution is 0.602. The molecule has 94 valence electrons. The third-order valence-electron chi connectivity index (χ3n) is 2.69. The fraction of sp³-hybridized carbons (Fsp3) is 0.545. The topological polar surface area (TPSA) is 71.1 Å². The van der Waals surface area contributed by atoms with E-state index < -0.39 is 9.84 Å². The van der Waals surface area contributed by atoms with Crippen molar-refractivity contribution in [1.82, 2.24) is 4.98 Å². The zero-order valence-electron chi connectivity index (χ0n) is 9.81. The molecule has 0 spiro atoms. The molecule has 0 radical (unpaired) electrons. The highest BCUT2D eigenvalue weighted by atomic mass is 32.2. The van der Waals surface area contributed by atoms with Crippen LogP contribution in [0.25, 0.3) is 0 Å². The Morgan fingerprint density at radius 2 is 2.18 bits per heavy atom. The van der Waals surface area contributed by atoms with Gasteiger partial charge >= 0.3 is 0 Å². The molecule has 1 aliphatic rings. The predicted molar refractivity (Wildman–Crippen MR) is 69.1 cm³/mol. The maximum absolute atomic E-state index is 11.3. The number of nitrogens with one attached hydrogen (secondary N) is 2. The van der Waals surface area contributed by atoms with Crippen LogP contribution >= 0.6 is 0 Å². The lowest BCUT2D eigenvalue weighted by atomic mass is 10.2. The van der Waals surface area contributed by atoms with Crippen molar-refractivity contribution in [2.45, 2.75) is 19.4 Å². The van der Waals surface area contributed by atoms with Crippen molar-refractivity contribution in [3.8, 4) is 0 Å². The zero-order chi connectivity index (χ0) is 12.3. The first-order chi connectivity index (χ1) is 8.09. The van der Waals surface area contributed by atoms with Gasteiger partial charge in [0.05, 0.1) is 11.5 Å². The molecule has 2 N–H and O–H groups in total. The first-order valence-electron chi connectivity index (χ1n) is 5.77. The second-order valence-corrected chi connectivity index (χ2v) is 6.41. The summed E-state index contributed by atoms with van der Waals surface area (Å²) in [4.78, 5) is 4.36. The molecule has 0 amide bonds. The van der Waals surface area contributed by atoms with Crippen LogP contribution in [0, 0.1) is 0 Å². The first kappa shape index (κ1) is 12.2. The minimum Gasteiger partial charge on any atom is -0.370 e. The first-order valence-corrected chi connectivity index (χ1v) is 7.59. The highest BCUT2D eigenvalue weighted by molar-refractivity contribution is 7.91. The minimum atomic E-state index is -2.84. The molecule has 0 saturated carbocycles. The van der Waals surface area contributed by atoms with Gasteiger partial charge in [-0.1, -0.05) is 6.07 Å². The number of sulfone groups is 1. The van der Waals surface area contributed by atoms with Crippen molar-refractivity contribution in [1.29, 1.82) is 0 Å². The molecule has 0 aliphatic carbocycles. The van der Waals surface area contributed by atoms with Crippen LogP contribution < -0.4 is 10.6 Å². The van der Waals surface area contributed by atoms with Gasteiger partial charge in [0, 0.05) is 12.6 Å². The second-order valence-electron chi connectivity index (χ2n) is 4.18. The van der Waals surface area contributed by atoms with E-state index in [2.05, 4.69) is 15.6 Å². The van der Waals surface area contributed by atoms with Crippen LogP contribution in [0.15, 0.2) is 18.2 Å². The number of pyridine rings is 1. The Labute approximate surface area is 102 Å². The summed E-state index contributed by atoms with van der Waals surface area (Å²) in [6.07, 6.45) is 0.662. The van der Waals surface area contributed by atoms with E-state index in [1.165, 1.54) is 0 Å². The predicted octanol–water partition coefficient (Wildman–Crippen LogP) is 1.11. The van der Waals surface area contributed by atoms with E-state index in [0.717, 1.165) is 18.2 Å². The van der Waals surface area contributed by atoms with Gasteiger partial charge in [0.2, 0.25) is 0 Å². The van der Waals surface area contributed by atoms with E-state index >= 15 is 0 Å². The molecule has 2 heterocycles. The number of hydrogen-bond donors (Lipinski definition) is 2. The number of nitrogens with zero attached hydrogens (tertiary/aromatic N) is 1. The van der Waals surface area contributed by atoms with Crippen LogP contribution in [-0.2, 0) is 9.84 Å². The number of rotatable bonds is 4. The molecule has 2 rings (SSSR count). The highest BCUT2D eigenvalue weighted by Gasteiger charge is 2.27. The summed E-state index contributed by atoms with van der Waals surface area (Å²) >= 11 is 0. The second kappa shape index (κ2) is 4.91. The van der Waals surface area contributed by atoms with E-state index in [-0.39, 0.29) is 17.5 Å². The van der Waals surface area contributed by atoms with Gasteiger partial charge in [-0.25, -0.2) is 13.4 Å². The molecule has 1 atom stereocenters. The maximum Gasteiger partial charge on any atom is 0.152 e. The quantitative estimate of drug-likeness (QED) is 0.843. The normalized spacial score (nSPS) is 22.3. The van der Waals surface area contributed by atoms with Crippen LogP contribution in [0.2, 0.25) is 0 Å². The molecular formula is C11H17N3O2S. The molecule has 6 heteroatoms. The van der Waals surface area contributed by atoms with E-state index in [1.807, 2.05) is 25.1 Å². The van der Waals surface area contributed by atoms with Crippen molar-refractivity contribution in [3.05, 3.63) is 18.2 Å². The van der Waals surface area contributed by atoms with Crippen LogP contribution in [0.3, 0.4) is 0 Å². The SMILES string of the molecule is CCNc1cccc(NC2CCS(=O)(=O)C2)n1. The van der Waals surface area contributed by atoms with Gasteiger partial charge in [-0.3, -0.25) is 0 Å². The lowest BCUT2D eigenvalue weighted by Gasteiger charge is -2.12.